The van der Waals surface area contributed by atoms with Gasteiger partial charge in [0.2, 0.25) is 0 Å². The summed E-state index contributed by atoms with van der Waals surface area (Å²) >= 11 is 0. The lowest BCUT2D eigenvalue weighted by molar-refractivity contribution is 0.283. The van der Waals surface area contributed by atoms with Crippen LogP contribution in [0.4, 0.5) is 0 Å². The van der Waals surface area contributed by atoms with Gasteiger partial charge in [-0.1, -0.05) is 36.4 Å². The molecule has 0 saturated carbocycles. The first-order valence-electron chi connectivity index (χ1n) is 5.01. The predicted octanol–water partition coefficient (Wildman–Crippen LogP) is 2.55. The maximum Gasteiger partial charge on any atom is 0.524 e. The minimum Gasteiger partial charge on any atom is -0.508 e. The minimum atomic E-state index is -4.39. The lowest BCUT2D eigenvalue weighted by atomic mass is 10.3. The number of phosphoric ester groups is 1. The summed E-state index contributed by atoms with van der Waals surface area (Å²) in [5, 5.41) is 8.63. The Morgan fingerprint density at radius 1 is 0.833 bits per heavy atom. The van der Waals surface area contributed by atoms with E-state index in [2.05, 4.69) is 4.52 Å². The third kappa shape index (κ3) is 6.70. The Labute approximate surface area is 105 Å². The number of para-hydroxylation sites is 2. The van der Waals surface area contributed by atoms with Crippen LogP contribution in [0.1, 0.15) is 0 Å². The Morgan fingerprint density at radius 3 is 1.61 bits per heavy atom. The molecule has 3 N–H and O–H groups in total. The number of benzene rings is 2. The van der Waals surface area contributed by atoms with E-state index in [0.29, 0.717) is 5.75 Å². The Morgan fingerprint density at radius 2 is 1.28 bits per heavy atom. The summed E-state index contributed by atoms with van der Waals surface area (Å²) in [6.45, 7) is 0. The maximum atomic E-state index is 10.3. The smallest absolute Gasteiger partial charge is 0.508 e. The van der Waals surface area contributed by atoms with E-state index in [1.165, 1.54) is 12.1 Å². The van der Waals surface area contributed by atoms with E-state index in [1.54, 1.807) is 42.5 Å². The van der Waals surface area contributed by atoms with E-state index in [9.17, 15) is 4.57 Å². The first-order chi connectivity index (χ1) is 8.47. The molecular formula is C12H13O5P. The van der Waals surface area contributed by atoms with Gasteiger partial charge in [0, 0.05) is 0 Å². The number of rotatable bonds is 2. The molecule has 0 unspecified atom stereocenters. The average Bonchev–Trinajstić information content (AvgIpc) is 2.30. The number of phosphoric acid groups is 1. The molecule has 0 spiro atoms. The Hall–Kier alpha value is -1.81. The summed E-state index contributed by atoms with van der Waals surface area (Å²) in [5.74, 6) is 0.489. The molecule has 2 rings (SSSR count). The van der Waals surface area contributed by atoms with Crippen LogP contribution in [0, 0.1) is 0 Å². The second-order valence-corrected chi connectivity index (χ2v) is 4.39. The number of phenols is 1. The molecule has 0 aliphatic carbocycles. The van der Waals surface area contributed by atoms with Crippen molar-refractivity contribution in [2.24, 2.45) is 0 Å². The lowest BCUT2D eigenvalue weighted by Gasteiger charge is -2.04. The van der Waals surface area contributed by atoms with Crippen LogP contribution in [-0.2, 0) is 4.57 Å². The van der Waals surface area contributed by atoms with Crippen LogP contribution in [0.2, 0.25) is 0 Å². The van der Waals surface area contributed by atoms with Crippen molar-refractivity contribution in [1.29, 1.82) is 0 Å². The highest BCUT2D eigenvalue weighted by Gasteiger charge is 2.14. The largest absolute Gasteiger partial charge is 0.524 e. The first kappa shape index (κ1) is 14.3. The Kier molecular flexibility index (Phi) is 5.39. The van der Waals surface area contributed by atoms with Crippen LogP contribution in [0.25, 0.3) is 0 Å². The number of aromatic hydroxyl groups is 1. The zero-order valence-electron chi connectivity index (χ0n) is 9.38. The first-order valence-corrected chi connectivity index (χ1v) is 6.54. The van der Waals surface area contributed by atoms with Crippen molar-refractivity contribution >= 4 is 7.82 Å². The molecule has 0 heterocycles. The van der Waals surface area contributed by atoms with E-state index in [1.807, 2.05) is 6.07 Å². The summed E-state index contributed by atoms with van der Waals surface area (Å²) in [7, 11) is -4.39. The van der Waals surface area contributed by atoms with Gasteiger partial charge in [-0.05, 0) is 24.3 Å². The topological polar surface area (TPSA) is 87.0 Å². The van der Waals surface area contributed by atoms with E-state index in [-0.39, 0.29) is 5.75 Å². The molecule has 6 heteroatoms. The highest BCUT2D eigenvalue weighted by Crippen LogP contribution is 2.36. The van der Waals surface area contributed by atoms with E-state index in [4.69, 9.17) is 14.9 Å². The fourth-order valence-electron chi connectivity index (χ4n) is 1.05. The summed E-state index contributed by atoms with van der Waals surface area (Å²) in [6.07, 6.45) is 0. The average molecular weight is 268 g/mol. The Balaban J connectivity index is 0.000000199. The molecule has 0 fully saturated rings. The number of hydrogen-bond acceptors (Lipinski definition) is 3. The SMILES string of the molecule is O=P(O)(O)Oc1ccccc1.Oc1ccccc1. The quantitative estimate of drug-likeness (QED) is 0.728. The normalized spacial score (nSPS) is 10.1. The fraction of sp³-hybridized carbons (Fsp3) is 0. The Bertz CT molecular complexity index is 494. The summed E-state index contributed by atoms with van der Waals surface area (Å²) in [5.41, 5.74) is 0. The molecule has 0 radical (unpaired) electrons. The molecule has 0 saturated heterocycles. The molecule has 18 heavy (non-hydrogen) atoms. The van der Waals surface area contributed by atoms with Gasteiger partial charge < -0.3 is 9.63 Å². The van der Waals surface area contributed by atoms with Gasteiger partial charge in [-0.3, -0.25) is 9.79 Å². The van der Waals surface area contributed by atoms with Crippen LogP contribution in [0.5, 0.6) is 11.5 Å². The molecule has 0 aliphatic heterocycles. The maximum absolute atomic E-state index is 10.3. The monoisotopic (exact) mass is 268 g/mol. The third-order valence-electron chi connectivity index (χ3n) is 1.72. The van der Waals surface area contributed by atoms with Gasteiger partial charge in [-0.15, -0.1) is 0 Å². The van der Waals surface area contributed by atoms with E-state index < -0.39 is 7.82 Å². The van der Waals surface area contributed by atoms with Crippen molar-refractivity contribution in [3.05, 3.63) is 60.7 Å². The van der Waals surface area contributed by atoms with Gasteiger partial charge in [-0.25, -0.2) is 4.57 Å². The van der Waals surface area contributed by atoms with Gasteiger partial charge in [0.15, 0.2) is 0 Å². The highest BCUT2D eigenvalue weighted by molar-refractivity contribution is 7.46. The minimum absolute atomic E-state index is 0.167. The predicted molar refractivity (Wildman–Crippen MR) is 67.2 cm³/mol. The third-order valence-corrected chi connectivity index (χ3v) is 2.17. The van der Waals surface area contributed by atoms with Crippen molar-refractivity contribution in [3.63, 3.8) is 0 Å². The standard InChI is InChI=1S/C6H7O4P.C6H6O/c7-11(8,9)10-6-4-2-1-3-5-6;7-6-4-2-1-3-5-6/h1-5H,(H2,7,8,9);1-5,7H. The van der Waals surface area contributed by atoms with E-state index in [0.717, 1.165) is 0 Å². The van der Waals surface area contributed by atoms with Crippen LogP contribution < -0.4 is 4.52 Å². The van der Waals surface area contributed by atoms with Crippen molar-refractivity contribution in [1.82, 2.24) is 0 Å². The molecule has 96 valence electrons. The molecule has 0 bridgehead atoms. The van der Waals surface area contributed by atoms with E-state index >= 15 is 0 Å². The fourth-order valence-corrected chi connectivity index (χ4v) is 1.44. The molecule has 0 amide bonds. The van der Waals surface area contributed by atoms with Crippen LogP contribution in [0.3, 0.4) is 0 Å². The van der Waals surface area contributed by atoms with Gasteiger partial charge >= 0.3 is 7.82 Å². The molecule has 0 aliphatic rings. The summed E-state index contributed by atoms with van der Waals surface area (Å²) in [4.78, 5) is 16.7. The molecule has 2 aromatic carbocycles. The number of phenolic OH excluding ortho intramolecular Hbond substituents is 1. The van der Waals surface area contributed by atoms with Crippen LogP contribution >= 0.6 is 7.82 Å². The van der Waals surface area contributed by atoms with Crippen molar-refractivity contribution in [2.75, 3.05) is 0 Å². The summed E-state index contributed by atoms with van der Waals surface area (Å²) < 4.78 is 14.5. The molecule has 0 atom stereocenters. The second-order valence-electron chi connectivity index (χ2n) is 3.23. The van der Waals surface area contributed by atoms with Crippen LogP contribution in [0.15, 0.2) is 60.7 Å². The van der Waals surface area contributed by atoms with Gasteiger partial charge in [-0.2, -0.15) is 0 Å². The molecular weight excluding hydrogens is 255 g/mol. The molecule has 2 aromatic rings. The second kappa shape index (κ2) is 6.81. The van der Waals surface area contributed by atoms with Crippen LogP contribution in [-0.4, -0.2) is 14.9 Å². The van der Waals surface area contributed by atoms with Gasteiger partial charge in [0.05, 0.1) is 0 Å². The zero-order valence-corrected chi connectivity index (χ0v) is 10.3. The van der Waals surface area contributed by atoms with Crippen molar-refractivity contribution in [2.45, 2.75) is 0 Å². The lowest BCUT2D eigenvalue weighted by Crippen LogP contribution is -1.88. The molecule has 0 aromatic heterocycles. The zero-order chi connectivity index (χ0) is 13.4. The van der Waals surface area contributed by atoms with Gasteiger partial charge in [0.25, 0.3) is 0 Å². The highest BCUT2D eigenvalue weighted by atomic mass is 31.2. The van der Waals surface area contributed by atoms with Crippen molar-refractivity contribution < 1.29 is 24.0 Å². The number of hydrogen-bond donors (Lipinski definition) is 3. The van der Waals surface area contributed by atoms with Gasteiger partial charge in [0.1, 0.15) is 11.5 Å². The molecule has 5 nitrogen and oxygen atoms in total. The summed E-state index contributed by atoms with van der Waals surface area (Å²) in [6, 6.07) is 16.6. The van der Waals surface area contributed by atoms with Crippen molar-refractivity contribution in [3.8, 4) is 11.5 Å².